The maximum atomic E-state index is 12.5. The van der Waals surface area contributed by atoms with Crippen molar-refractivity contribution in [3.8, 4) is 0 Å². The van der Waals surface area contributed by atoms with Crippen LogP contribution in [0.1, 0.15) is 37.0 Å². The Hall–Kier alpha value is -0.870. The normalized spacial score (nSPS) is 23.3. The largest absolute Gasteiger partial charge is 0.376 e. The van der Waals surface area contributed by atoms with Crippen molar-refractivity contribution in [2.24, 2.45) is 5.92 Å². The summed E-state index contributed by atoms with van der Waals surface area (Å²) in [5, 5.41) is 2.08. The lowest BCUT2D eigenvalue weighted by Crippen LogP contribution is -2.42. The van der Waals surface area contributed by atoms with E-state index in [1.54, 1.807) is 11.3 Å². The Balaban J connectivity index is 1.64. The molecule has 4 heteroatoms. The molecule has 0 spiro atoms. The lowest BCUT2D eigenvalue weighted by molar-refractivity contribution is -0.140. The molecule has 1 saturated heterocycles. The second-order valence-electron chi connectivity index (χ2n) is 5.56. The fraction of sp³-hybridized carbons (Fsp3) is 0.667. The Kier molecular flexibility index (Phi) is 4.18. The Labute approximate surface area is 118 Å². The first-order valence-electron chi connectivity index (χ1n) is 7.25. The number of hydrogen-bond acceptors (Lipinski definition) is 3. The molecule has 1 aliphatic heterocycles. The summed E-state index contributed by atoms with van der Waals surface area (Å²) < 4.78 is 5.69. The zero-order chi connectivity index (χ0) is 13.1. The third-order valence-electron chi connectivity index (χ3n) is 4.14. The molecule has 2 fully saturated rings. The molecule has 19 heavy (non-hydrogen) atoms. The minimum Gasteiger partial charge on any atom is -0.376 e. The Bertz CT molecular complexity index is 408. The van der Waals surface area contributed by atoms with E-state index in [1.807, 2.05) is 4.90 Å². The first-order chi connectivity index (χ1) is 9.33. The van der Waals surface area contributed by atoms with Crippen molar-refractivity contribution in [1.82, 2.24) is 4.90 Å². The standard InChI is InChI=1S/C15H21NO2S/c17-15(12-4-1-5-12)16(10-13-6-2-8-18-13)11-14-7-3-9-19-14/h3,7,9,12-13H,1-2,4-6,8,10-11H2/t13-/m0/s1. The van der Waals surface area contributed by atoms with Crippen molar-refractivity contribution in [2.75, 3.05) is 13.2 Å². The quantitative estimate of drug-likeness (QED) is 0.829. The maximum absolute atomic E-state index is 12.5. The highest BCUT2D eigenvalue weighted by Crippen LogP contribution is 2.29. The number of amides is 1. The van der Waals surface area contributed by atoms with Gasteiger partial charge in [0.15, 0.2) is 0 Å². The van der Waals surface area contributed by atoms with Gasteiger partial charge in [0.2, 0.25) is 5.91 Å². The summed E-state index contributed by atoms with van der Waals surface area (Å²) in [6.45, 7) is 2.38. The SMILES string of the molecule is O=C(C1CCC1)N(Cc1cccs1)C[C@@H]1CCCO1. The average Bonchev–Trinajstić information content (AvgIpc) is 2.98. The van der Waals surface area contributed by atoms with E-state index in [0.29, 0.717) is 5.91 Å². The van der Waals surface area contributed by atoms with Crippen molar-refractivity contribution in [3.63, 3.8) is 0 Å². The molecular weight excluding hydrogens is 258 g/mol. The van der Waals surface area contributed by atoms with E-state index in [1.165, 1.54) is 11.3 Å². The predicted molar refractivity (Wildman–Crippen MR) is 76.1 cm³/mol. The van der Waals surface area contributed by atoms with Crippen molar-refractivity contribution in [1.29, 1.82) is 0 Å². The van der Waals surface area contributed by atoms with Crippen LogP contribution in [0.3, 0.4) is 0 Å². The number of carbonyl (C=O) groups is 1. The Morgan fingerprint density at radius 1 is 1.37 bits per heavy atom. The van der Waals surface area contributed by atoms with Crippen molar-refractivity contribution < 1.29 is 9.53 Å². The van der Waals surface area contributed by atoms with Crippen LogP contribution < -0.4 is 0 Å². The maximum Gasteiger partial charge on any atom is 0.226 e. The second-order valence-corrected chi connectivity index (χ2v) is 6.59. The number of carbonyl (C=O) groups excluding carboxylic acids is 1. The summed E-state index contributed by atoms with van der Waals surface area (Å²) in [7, 11) is 0. The minimum atomic E-state index is 0.254. The van der Waals surface area contributed by atoms with Gasteiger partial charge in [-0.15, -0.1) is 11.3 Å². The minimum absolute atomic E-state index is 0.254. The fourth-order valence-electron chi connectivity index (χ4n) is 2.77. The fourth-order valence-corrected chi connectivity index (χ4v) is 3.49. The van der Waals surface area contributed by atoms with Gasteiger partial charge in [-0.1, -0.05) is 12.5 Å². The molecule has 3 nitrogen and oxygen atoms in total. The van der Waals surface area contributed by atoms with Crippen molar-refractivity contribution in [2.45, 2.75) is 44.8 Å². The number of hydrogen-bond donors (Lipinski definition) is 0. The van der Waals surface area contributed by atoms with Gasteiger partial charge in [0.25, 0.3) is 0 Å². The van der Waals surface area contributed by atoms with Crippen LogP contribution in [0.25, 0.3) is 0 Å². The molecule has 3 rings (SSSR count). The molecular formula is C15H21NO2S. The molecule has 0 radical (unpaired) electrons. The van der Waals surface area contributed by atoms with E-state index in [4.69, 9.17) is 4.74 Å². The third kappa shape index (κ3) is 3.18. The molecule has 2 aliphatic rings. The topological polar surface area (TPSA) is 29.5 Å². The second kappa shape index (κ2) is 6.06. The van der Waals surface area contributed by atoms with Crippen LogP contribution in [-0.4, -0.2) is 30.1 Å². The van der Waals surface area contributed by atoms with E-state index in [0.717, 1.165) is 45.4 Å². The molecule has 1 amide bonds. The van der Waals surface area contributed by atoms with Crippen LogP contribution in [0.2, 0.25) is 0 Å². The monoisotopic (exact) mass is 279 g/mol. The smallest absolute Gasteiger partial charge is 0.226 e. The van der Waals surface area contributed by atoms with Gasteiger partial charge in [-0.3, -0.25) is 4.79 Å². The van der Waals surface area contributed by atoms with E-state index in [9.17, 15) is 4.79 Å². The van der Waals surface area contributed by atoms with Gasteiger partial charge in [-0.2, -0.15) is 0 Å². The van der Waals surface area contributed by atoms with E-state index >= 15 is 0 Å². The van der Waals surface area contributed by atoms with Gasteiger partial charge in [-0.25, -0.2) is 0 Å². The van der Waals surface area contributed by atoms with Crippen LogP contribution in [0.5, 0.6) is 0 Å². The van der Waals surface area contributed by atoms with Crippen LogP contribution in [0, 0.1) is 5.92 Å². The summed E-state index contributed by atoms with van der Waals surface area (Å²) in [4.78, 5) is 15.8. The van der Waals surface area contributed by atoms with Gasteiger partial charge >= 0.3 is 0 Å². The van der Waals surface area contributed by atoms with Gasteiger partial charge < -0.3 is 9.64 Å². The number of thiophene rings is 1. The summed E-state index contributed by atoms with van der Waals surface area (Å²) >= 11 is 1.73. The van der Waals surface area contributed by atoms with E-state index < -0.39 is 0 Å². The lowest BCUT2D eigenvalue weighted by Gasteiger charge is -2.32. The van der Waals surface area contributed by atoms with E-state index in [2.05, 4.69) is 17.5 Å². The van der Waals surface area contributed by atoms with Gasteiger partial charge in [0.1, 0.15) is 0 Å². The lowest BCUT2D eigenvalue weighted by atomic mass is 9.84. The van der Waals surface area contributed by atoms with Crippen molar-refractivity contribution >= 4 is 17.2 Å². The van der Waals surface area contributed by atoms with Gasteiger partial charge in [0.05, 0.1) is 12.6 Å². The van der Waals surface area contributed by atoms with Crippen LogP contribution in [-0.2, 0) is 16.1 Å². The Morgan fingerprint density at radius 2 is 2.26 bits per heavy atom. The zero-order valence-electron chi connectivity index (χ0n) is 11.2. The molecule has 1 atom stereocenters. The summed E-state index contributed by atoms with van der Waals surface area (Å²) in [5.74, 6) is 0.622. The van der Waals surface area contributed by atoms with E-state index in [-0.39, 0.29) is 12.0 Å². The van der Waals surface area contributed by atoms with Crippen molar-refractivity contribution in [3.05, 3.63) is 22.4 Å². The molecule has 0 unspecified atom stereocenters. The zero-order valence-corrected chi connectivity index (χ0v) is 12.0. The molecule has 1 saturated carbocycles. The first kappa shape index (κ1) is 13.1. The predicted octanol–water partition coefficient (Wildman–Crippen LogP) is 3.06. The van der Waals surface area contributed by atoms with Gasteiger partial charge in [-0.05, 0) is 37.1 Å². The van der Waals surface area contributed by atoms with Gasteiger partial charge in [0, 0.05) is 23.9 Å². The molecule has 0 aromatic carbocycles. The molecule has 1 aromatic rings. The van der Waals surface area contributed by atoms with Crippen LogP contribution in [0.4, 0.5) is 0 Å². The van der Waals surface area contributed by atoms with Crippen LogP contribution >= 0.6 is 11.3 Å². The molecule has 0 N–H and O–H groups in total. The van der Waals surface area contributed by atoms with Crippen LogP contribution in [0.15, 0.2) is 17.5 Å². The average molecular weight is 279 g/mol. The highest BCUT2D eigenvalue weighted by atomic mass is 32.1. The third-order valence-corrected chi connectivity index (χ3v) is 5.00. The summed E-state index contributed by atoms with van der Waals surface area (Å²) in [5.41, 5.74) is 0. The molecule has 1 aliphatic carbocycles. The molecule has 1 aromatic heterocycles. The molecule has 104 valence electrons. The highest BCUT2D eigenvalue weighted by molar-refractivity contribution is 7.09. The number of rotatable bonds is 5. The highest BCUT2D eigenvalue weighted by Gasteiger charge is 2.31. The molecule has 0 bridgehead atoms. The summed E-state index contributed by atoms with van der Waals surface area (Å²) in [6, 6.07) is 4.17. The Morgan fingerprint density at radius 3 is 2.84 bits per heavy atom. The number of ether oxygens (including phenoxy) is 1. The number of nitrogens with zero attached hydrogens (tertiary/aromatic N) is 1. The summed E-state index contributed by atoms with van der Waals surface area (Å²) in [6.07, 6.45) is 5.84. The first-order valence-corrected chi connectivity index (χ1v) is 8.13. The molecule has 2 heterocycles.